The molecule has 0 saturated carbocycles. The molecule has 620 valence electrons. The number of rotatable bonds is 7. The van der Waals surface area contributed by atoms with Gasteiger partial charge in [0.15, 0.2) is 5.58 Å². The van der Waals surface area contributed by atoms with Gasteiger partial charge < -0.3 is 22.2 Å². The number of benzene rings is 19. The average molecular weight is 1730 g/mol. The van der Waals surface area contributed by atoms with Gasteiger partial charge >= 0.3 is 0 Å². The van der Waals surface area contributed by atoms with Crippen molar-refractivity contribution in [3.8, 4) is 62.4 Å². The molecule has 10 heterocycles. The molecule has 10 aromatic heterocycles. The second-order valence-corrected chi connectivity index (χ2v) is 36.1. The van der Waals surface area contributed by atoms with Gasteiger partial charge in [0.05, 0.1) is 54.7 Å². The Morgan fingerprint density at radius 3 is 1.03 bits per heavy atom. The van der Waals surface area contributed by atoms with Crippen LogP contribution in [0.5, 0.6) is 0 Å². The second-order valence-electron chi connectivity index (χ2n) is 35.1. The third kappa shape index (κ3) is 10.3. The third-order valence-corrected chi connectivity index (χ3v) is 29.3. The summed E-state index contributed by atoms with van der Waals surface area (Å²) in [5.74, 6) is 1.27. The maximum atomic E-state index is 6.54. The lowest BCUT2D eigenvalue weighted by molar-refractivity contribution is 0.666. The molecular formula is C122H67N7O4S. The lowest BCUT2D eigenvalue weighted by atomic mass is 9.95. The molecule has 0 aliphatic carbocycles. The summed E-state index contributed by atoms with van der Waals surface area (Å²) in [6.07, 6.45) is 0. The van der Waals surface area contributed by atoms with Crippen molar-refractivity contribution in [1.82, 2.24) is 33.6 Å². The van der Waals surface area contributed by atoms with Crippen molar-refractivity contribution in [1.29, 1.82) is 0 Å². The van der Waals surface area contributed by atoms with Crippen molar-refractivity contribution in [2.75, 3.05) is 0 Å². The maximum absolute atomic E-state index is 6.54. The number of nitrogens with zero attached hydrogens (tertiary/aromatic N) is 7. The van der Waals surface area contributed by atoms with E-state index in [1.165, 1.54) is 140 Å². The quantitative estimate of drug-likeness (QED) is 0.155. The van der Waals surface area contributed by atoms with Gasteiger partial charge in [0, 0.05) is 96.8 Å². The van der Waals surface area contributed by atoms with E-state index in [1.54, 1.807) is 11.3 Å². The summed E-state index contributed by atoms with van der Waals surface area (Å²) in [5.41, 5.74) is 25.1. The zero-order valence-electron chi connectivity index (χ0n) is 71.4. The van der Waals surface area contributed by atoms with Crippen LogP contribution in [0.4, 0.5) is 0 Å². The summed E-state index contributed by atoms with van der Waals surface area (Å²) >= 11 is 1.76. The minimum atomic E-state index is 0.602. The van der Waals surface area contributed by atoms with Gasteiger partial charge in [0.1, 0.15) is 50.3 Å². The molecule has 12 heteroatoms. The summed E-state index contributed by atoms with van der Waals surface area (Å²) < 4.78 is 35.3. The van der Waals surface area contributed by atoms with E-state index in [4.69, 9.17) is 37.6 Å². The van der Waals surface area contributed by atoms with Crippen LogP contribution in [0.15, 0.2) is 424 Å². The molecule has 0 bridgehead atoms. The minimum absolute atomic E-state index is 0.602. The second kappa shape index (κ2) is 27.8. The van der Waals surface area contributed by atoms with Crippen LogP contribution in [0.3, 0.4) is 0 Å². The lowest BCUT2D eigenvalue weighted by Crippen LogP contribution is -2.02. The van der Waals surface area contributed by atoms with E-state index in [2.05, 4.69) is 384 Å². The van der Waals surface area contributed by atoms with Crippen LogP contribution in [-0.4, -0.2) is 33.6 Å². The molecule has 0 atom stereocenters. The number of hydrogen-bond donors (Lipinski definition) is 0. The smallest absolute Gasteiger partial charge is 0.236 e. The molecule has 0 saturated heterocycles. The normalized spacial score (nSPS) is 12.3. The Kier molecular flexibility index (Phi) is 15.2. The van der Waals surface area contributed by atoms with Gasteiger partial charge in [0.25, 0.3) is 0 Å². The molecule has 32 rings (SSSR count). The van der Waals surface area contributed by atoms with E-state index in [9.17, 15) is 0 Å². The van der Waals surface area contributed by atoms with Crippen LogP contribution in [0.25, 0.3) is 301 Å². The lowest BCUT2D eigenvalue weighted by Gasteiger charge is -2.15. The van der Waals surface area contributed by atoms with E-state index in [0.717, 1.165) is 143 Å². The monoisotopic (exact) mass is 1730 g/mol. The zero-order chi connectivity index (χ0) is 87.2. The van der Waals surface area contributed by atoms with Crippen molar-refractivity contribution in [3.63, 3.8) is 0 Å². The molecule has 0 aliphatic heterocycles. The number of fused-ring (bicyclic) bond motifs is 15. The predicted octanol–water partition coefficient (Wildman–Crippen LogP) is 33.8. The van der Waals surface area contributed by atoms with Gasteiger partial charge in [-0.25, -0.2) is 19.9 Å². The average Bonchev–Trinajstić information content (AvgIpc) is 1.54. The van der Waals surface area contributed by atoms with Crippen molar-refractivity contribution in [2.24, 2.45) is 0 Å². The van der Waals surface area contributed by atoms with Crippen molar-refractivity contribution in [3.05, 3.63) is 406 Å². The topological polar surface area (TPSA) is 119 Å². The first-order chi connectivity index (χ1) is 66.5. The Hall–Kier alpha value is -17.8. The highest BCUT2D eigenvalue weighted by Gasteiger charge is 2.31. The van der Waals surface area contributed by atoms with Crippen LogP contribution in [0.2, 0.25) is 0 Å². The van der Waals surface area contributed by atoms with Crippen molar-refractivity contribution in [2.45, 2.75) is 0 Å². The van der Waals surface area contributed by atoms with Crippen LogP contribution in [0, 0.1) is 0 Å². The van der Waals surface area contributed by atoms with Gasteiger partial charge in [-0.2, -0.15) is 0 Å². The maximum Gasteiger partial charge on any atom is 0.236 e. The first-order valence-corrected chi connectivity index (χ1v) is 46.1. The molecule has 0 fully saturated rings. The third-order valence-electron chi connectivity index (χ3n) is 28.1. The van der Waals surface area contributed by atoms with Gasteiger partial charge in [-0.15, -0.1) is 11.3 Å². The minimum Gasteiger partial charge on any atom is -0.456 e. The fourth-order valence-corrected chi connectivity index (χ4v) is 23.8. The predicted molar refractivity (Wildman–Crippen MR) is 556 cm³/mol. The summed E-state index contributed by atoms with van der Waals surface area (Å²) in [5, 5.41) is 30.8. The van der Waals surface area contributed by atoms with Crippen LogP contribution < -0.4 is 0 Å². The van der Waals surface area contributed by atoms with E-state index in [-0.39, 0.29) is 0 Å². The Balaban J connectivity index is 0.0000000960. The fraction of sp³-hybridized carbons (Fsp3) is 0. The molecule has 22 aromatic carbocycles. The van der Waals surface area contributed by atoms with E-state index in [1.807, 2.05) is 36.4 Å². The highest BCUT2D eigenvalue weighted by Crippen LogP contribution is 2.54. The standard InChI is InChI=1S/C42H25NO.C40H21N3O2.C40H21N3OS/c1-2-11-26(12-3-1)27-13-8-14-28(25-27)29-15-6-7-20-34(29)43-35-21-9-18-32-30-16-4-5-17-31(30)33-19-10-22-37-40(33)42-38(44-37)24-23-36(43)41(42)39(32)35;1-2-10-22(11-3-1)37-39-38(27-14-6-7-18-30(27)45-39)42-40(41-37)43-28-17-8-15-25-23-12-4-5-13-24(23)26-16-9-19-31-34(26)36-32(44-31)21-20-29(43)35(36)33(25)28;1-2-10-22(11-3-1)37-39-38(27-14-6-7-19-32(27)45-39)42-40(41-37)43-28-17-8-15-25-23-12-4-5-13-24(23)26-16-9-18-30-34(26)36-31(44-30)21-20-29(43)35(36)33(25)28/h1-25H;2*1-21H. The first-order valence-electron chi connectivity index (χ1n) is 45.3. The van der Waals surface area contributed by atoms with E-state index < -0.39 is 0 Å². The molecule has 32 aromatic rings. The van der Waals surface area contributed by atoms with Crippen molar-refractivity contribution >= 4 is 250 Å². The number of thiophene rings is 1. The molecule has 0 aliphatic rings. The number of furan rings is 4. The molecule has 0 amide bonds. The van der Waals surface area contributed by atoms with E-state index >= 15 is 0 Å². The Morgan fingerprint density at radius 1 is 0.194 bits per heavy atom. The van der Waals surface area contributed by atoms with Crippen LogP contribution >= 0.6 is 11.3 Å². The largest absolute Gasteiger partial charge is 0.456 e. The zero-order valence-corrected chi connectivity index (χ0v) is 72.2. The van der Waals surface area contributed by atoms with Gasteiger partial charge in [0.2, 0.25) is 11.9 Å². The van der Waals surface area contributed by atoms with E-state index in [0.29, 0.717) is 17.5 Å². The van der Waals surface area contributed by atoms with Crippen LogP contribution in [-0.2, 0) is 0 Å². The highest BCUT2D eigenvalue weighted by atomic mass is 32.1. The molecule has 0 spiro atoms. The summed E-state index contributed by atoms with van der Waals surface area (Å²) in [4.78, 5) is 21.3. The summed E-state index contributed by atoms with van der Waals surface area (Å²) in [7, 11) is 0. The highest BCUT2D eigenvalue weighted by molar-refractivity contribution is 7.26. The molecule has 11 nitrogen and oxygen atoms in total. The summed E-state index contributed by atoms with van der Waals surface area (Å²) in [6.45, 7) is 0. The van der Waals surface area contributed by atoms with Gasteiger partial charge in [-0.05, 0) is 184 Å². The van der Waals surface area contributed by atoms with Crippen molar-refractivity contribution < 1.29 is 17.7 Å². The number of para-hydroxylation sites is 2. The SMILES string of the molecule is c1ccc(-c2cccc(-c3ccccc3-n3c4cccc5c6ccccc6c6cccc7oc8ccc3c(c8c76)c54)c2)cc1.c1ccc(-c2nc(-n3c4cccc5c6ccccc6c6cccc7oc8ccc3c(c8c76)c54)nc3c2oc2ccccc23)cc1.c1ccc(-c2nc(-n3c4cccc5c6ccccc6c6cccc7oc8ccc3c(c8c76)c54)nc3c2sc2ccccc23)cc1. The first kappa shape index (κ1) is 73.1. The number of aromatic nitrogens is 7. The molecule has 134 heavy (non-hydrogen) atoms. The molecular weight excluding hydrogens is 1660 g/mol. The van der Waals surface area contributed by atoms with Crippen LogP contribution in [0.1, 0.15) is 0 Å². The Morgan fingerprint density at radius 2 is 0.530 bits per heavy atom. The Bertz CT molecular complexity index is 10200. The molecule has 0 unspecified atom stereocenters. The molecule has 0 radical (unpaired) electrons. The fourth-order valence-electron chi connectivity index (χ4n) is 22.6. The molecule has 0 N–H and O–H groups in total. The summed E-state index contributed by atoms with van der Waals surface area (Å²) in [6, 6.07) is 144. The van der Waals surface area contributed by atoms with Gasteiger partial charge in [-0.1, -0.05) is 303 Å². The Labute approximate surface area is 764 Å². The number of hydrogen-bond acceptors (Lipinski definition) is 9. The van der Waals surface area contributed by atoms with Gasteiger partial charge in [-0.3, -0.25) is 9.13 Å².